The minimum atomic E-state index is -1.01. The van der Waals surface area contributed by atoms with Gasteiger partial charge in [0.1, 0.15) is 5.82 Å². The number of hydrogen-bond donors (Lipinski definition) is 2. The number of fused-ring (bicyclic) bond motifs is 2. The van der Waals surface area contributed by atoms with Crippen molar-refractivity contribution in [1.82, 2.24) is 14.7 Å². The summed E-state index contributed by atoms with van der Waals surface area (Å²) in [5.41, 5.74) is 5.16. The number of imidazole rings is 1. The summed E-state index contributed by atoms with van der Waals surface area (Å²) in [5.74, 6) is -1.69. The van der Waals surface area contributed by atoms with Crippen molar-refractivity contribution in [2.45, 2.75) is 19.4 Å². The van der Waals surface area contributed by atoms with Gasteiger partial charge in [0.05, 0.1) is 34.7 Å². The number of nitrogens with zero attached hydrogens (tertiary/aromatic N) is 2. The molecule has 7 heteroatoms. The fourth-order valence-corrected chi connectivity index (χ4v) is 5.15. The van der Waals surface area contributed by atoms with E-state index in [0.29, 0.717) is 28.6 Å². The number of pyridine rings is 1. The summed E-state index contributed by atoms with van der Waals surface area (Å²) in [6.45, 7) is 1.84. The summed E-state index contributed by atoms with van der Waals surface area (Å²) < 4.78 is 15.9. The van der Waals surface area contributed by atoms with Gasteiger partial charge in [-0.15, -0.1) is 0 Å². The van der Waals surface area contributed by atoms with Crippen LogP contribution in [0, 0.1) is 5.82 Å². The van der Waals surface area contributed by atoms with Crippen molar-refractivity contribution >= 4 is 28.2 Å². The molecule has 2 N–H and O–H groups in total. The monoisotopic (exact) mass is 543 g/mol. The Hall–Kier alpha value is -5.30. The van der Waals surface area contributed by atoms with Crippen LogP contribution in [-0.4, -0.2) is 26.4 Å². The third-order valence-corrected chi connectivity index (χ3v) is 7.30. The van der Waals surface area contributed by atoms with Crippen LogP contribution >= 0.6 is 0 Å². The van der Waals surface area contributed by atoms with Gasteiger partial charge < -0.3 is 14.8 Å². The number of halogens is 1. The van der Waals surface area contributed by atoms with E-state index >= 15 is 0 Å². The molecule has 0 aliphatic heterocycles. The Bertz CT molecular complexity index is 1930. The van der Waals surface area contributed by atoms with Crippen molar-refractivity contribution < 1.29 is 19.1 Å². The predicted octanol–water partition coefficient (Wildman–Crippen LogP) is 7.07. The van der Waals surface area contributed by atoms with E-state index in [0.717, 1.165) is 27.6 Å². The van der Waals surface area contributed by atoms with Gasteiger partial charge in [0.25, 0.3) is 5.91 Å². The topological polar surface area (TPSA) is 83.7 Å². The van der Waals surface area contributed by atoms with Crippen LogP contribution in [0.15, 0.2) is 110 Å². The van der Waals surface area contributed by atoms with Gasteiger partial charge >= 0.3 is 5.97 Å². The molecular weight excluding hydrogens is 517 g/mol. The summed E-state index contributed by atoms with van der Waals surface area (Å²) in [6, 6.07) is 28.5. The van der Waals surface area contributed by atoms with E-state index in [4.69, 9.17) is 0 Å². The van der Waals surface area contributed by atoms with E-state index in [2.05, 4.69) is 40.6 Å². The fraction of sp³-hybridized carbons (Fsp3) is 0.0882. The molecule has 4 aromatic carbocycles. The van der Waals surface area contributed by atoms with E-state index in [1.54, 1.807) is 36.7 Å². The number of carboxylic acids is 1. The van der Waals surface area contributed by atoms with Crippen LogP contribution in [0.2, 0.25) is 0 Å². The zero-order valence-corrected chi connectivity index (χ0v) is 22.2. The Morgan fingerprint density at radius 3 is 2.44 bits per heavy atom. The molecule has 1 atom stereocenters. The lowest BCUT2D eigenvalue weighted by molar-refractivity contribution is 0.0696. The molecule has 0 unspecified atom stereocenters. The SMILES string of the molecule is C[C@H](NC(=O)c1cc(-c2cccc(F)c2)cn2cnc(Cc3ccc4ccccc4c3)c12)c1ccc(C(=O)O)cc1. The number of aromatic carboxylic acids is 1. The van der Waals surface area contributed by atoms with Gasteiger partial charge in [0, 0.05) is 12.6 Å². The normalized spacial score (nSPS) is 12.0. The standard InChI is InChI=1S/C34H26FN3O3/c1-21(23-11-13-25(14-12-23)34(40)41)37-33(39)30-18-28(27-7-4-8-29(35)17-27)19-38-20-36-31(32(30)38)16-22-9-10-24-5-2-3-6-26(24)15-22/h2-15,17-21H,16H2,1H3,(H,37,39)(H,40,41)/t21-/m0/s1. The molecule has 0 bridgehead atoms. The van der Waals surface area contributed by atoms with E-state index in [1.807, 2.05) is 29.7 Å². The summed E-state index contributed by atoms with van der Waals surface area (Å²) in [4.78, 5) is 29.7. The number of carboxylic acid groups (broad SMARTS) is 1. The van der Waals surface area contributed by atoms with Gasteiger partial charge in [-0.3, -0.25) is 4.79 Å². The number of carbonyl (C=O) groups is 2. The lowest BCUT2D eigenvalue weighted by atomic mass is 10.00. The summed E-state index contributed by atoms with van der Waals surface area (Å²) in [6.07, 6.45) is 4.05. The molecule has 41 heavy (non-hydrogen) atoms. The lowest BCUT2D eigenvalue weighted by Gasteiger charge is -2.16. The van der Waals surface area contributed by atoms with Gasteiger partial charge in [-0.1, -0.05) is 66.7 Å². The van der Waals surface area contributed by atoms with Gasteiger partial charge in [-0.2, -0.15) is 0 Å². The van der Waals surface area contributed by atoms with Crippen molar-refractivity contribution in [1.29, 1.82) is 0 Å². The predicted molar refractivity (Wildman–Crippen MR) is 157 cm³/mol. The molecule has 2 heterocycles. The molecular formula is C34H26FN3O3. The van der Waals surface area contributed by atoms with Crippen LogP contribution in [-0.2, 0) is 6.42 Å². The molecule has 2 aromatic heterocycles. The van der Waals surface area contributed by atoms with Gasteiger partial charge in [0.2, 0.25) is 0 Å². The second-order valence-corrected chi connectivity index (χ2v) is 10.1. The molecule has 6 nitrogen and oxygen atoms in total. The third-order valence-electron chi connectivity index (χ3n) is 7.30. The van der Waals surface area contributed by atoms with Gasteiger partial charge in [0.15, 0.2) is 0 Å². The van der Waals surface area contributed by atoms with E-state index in [-0.39, 0.29) is 17.3 Å². The number of hydrogen-bond acceptors (Lipinski definition) is 3. The molecule has 202 valence electrons. The zero-order valence-electron chi connectivity index (χ0n) is 22.2. The minimum absolute atomic E-state index is 0.175. The maximum absolute atomic E-state index is 14.1. The molecule has 0 saturated heterocycles. The van der Waals surface area contributed by atoms with Crippen LogP contribution in [0.5, 0.6) is 0 Å². The molecule has 0 fully saturated rings. The van der Waals surface area contributed by atoms with Crippen LogP contribution in [0.4, 0.5) is 4.39 Å². The minimum Gasteiger partial charge on any atom is -0.478 e. The number of nitrogens with one attached hydrogen (secondary N) is 1. The van der Waals surface area contributed by atoms with Gasteiger partial charge in [-0.25, -0.2) is 14.2 Å². The Labute approximate surface area is 235 Å². The summed E-state index contributed by atoms with van der Waals surface area (Å²) in [5, 5.41) is 14.5. The van der Waals surface area contributed by atoms with Crippen molar-refractivity contribution in [3.05, 3.63) is 143 Å². The molecule has 0 radical (unpaired) electrons. The van der Waals surface area contributed by atoms with Crippen molar-refractivity contribution in [2.24, 2.45) is 0 Å². The average molecular weight is 544 g/mol. The lowest BCUT2D eigenvalue weighted by Crippen LogP contribution is -2.27. The zero-order chi connectivity index (χ0) is 28.5. The molecule has 0 saturated carbocycles. The Morgan fingerprint density at radius 2 is 1.68 bits per heavy atom. The number of carbonyl (C=O) groups excluding carboxylic acids is 1. The highest BCUT2D eigenvalue weighted by Crippen LogP contribution is 2.28. The summed E-state index contributed by atoms with van der Waals surface area (Å²) in [7, 11) is 0. The highest BCUT2D eigenvalue weighted by Gasteiger charge is 2.20. The maximum Gasteiger partial charge on any atom is 0.335 e. The van der Waals surface area contributed by atoms with Crippen molar-refractivity contribution in [3.8, 4) is 11.1 Å². The Morgan fingerprint density at radius 1 is 0.902 bits per heavy atom. The number of amides is 1. The first-order chi connectivity index (χ1) is 19.9. The van der Waals surface area contributed by atoms with Crippen LogP contribution < -0.4 is 5.32 Å². The quantitative estimate of drug-likeness (QED) is 0.226. The first kappa shape index (κ1) is 26.0. The molecule has 6 aromatic rings. The van der Waals surface area contributed by atoms with E-state index in [1.165, 1.54) is 24.3 Å². The Balaban J connectivity index is 1.40. The number of aromatic nitrogens is 2. The Kier molecular flexibility index (Phi) is 6.77. The second-order valence-electron chi connectivity index (χ2n) is 10.1. The first-order valence-corrected chi connectivity index (χ1v) is 13.2. The molecule has 6 rings (SSSR count). The fourth-order valence-electron chi connectivity index (χ4n) is 5.15. The van der Waals surface area contributed by atoms with Crippen LogP contribution in [0.3, 0.4) is 0 Å². The highest BCUT2D eigenvalue weighted by atomic mass is 19.1. The maximum atomic E-state index is 14.1. The van der Waals surface area contributed by atoms with Crippen LogP contribution in [0.25, 0.3) is 27.4 Å². The molecule has 0 aliphatic carbocycles. The largest absolute Gasteiger partial charge is 0.478 e. The number of benzene rings is 4. The van der Waals surface area contributed by atoms with E-state index < -0.39 is 12.0 Å². The average Bonchev–Trinajstić information content (AvgIpc) is 3.39. The first-order valence-electron chi connectivity index (χ1n) is 13.2. The molecule has 0 aliphatic rings. The molecule has 0 spiro atoms. The van der Waals surface area contributed by atoms with Crippen molar-refractivity contribution in [2.75, 3.05) is 0 Å². The highest BCUT2D eigenvalue weighted by molar-refractivity contribution is 6.03. The third kappa shape index (κ3) is 5.30. The smallest absolute Gasteiger partial charge is 0.335 e. The summed E-state index contributed by atoms with van der Waals surface area (Å²) >= 11 is 0. The van der Waals surface area contributed by atoms with Crippen molar-refractivity contribution in [3.63, 3.8) is 0 Å². The number of rotatable bonds is 7. The van der Waals surface area contributed by atoms with Gasteiger partial charge in [-0.05, 0) is 70.3 Å². The van der Waals surface area contributed by atoms with Crippen LogP contribution in [0.1, 0.15) is 50.5 Å². The molecule has 1 amide bonds. The second kappa shape index (κ2) is 10.7. The van der Waals surface area contributed by atoms with E-state index in [9.17, 15) is 19.1 Å².